The number of rotatable bonds is 7. The zero-order valence-electron chi connectivity index (χ0n) is 16.7. The third-order valence-corrected chi connectivity index (χ3v) is 5.39. The van der Waals surface area contributed by atoms with Crippen LogP contribution in [0.25, 0.3) is 0 Å². The molecule has 1 aromatic rings. The Labute approximate surface area is 163 Å². The van der Waals surface area contributed by atoms with Crippen molar-refractivity contribution >= 4 is 5.96 Å². The van der Waals surface area contributed by atoms with Crippen LogP contribution in [-0.4, -0.2) is 69.5 Å². The van der Waals surface area contributed by atoms with E-state index < -0.39 is 0 Å². The molecule has 1 aromatic carbocycles. The van der Waals surface area contributed by atoms with Gasteiger partial charge in [-0.3, -0.25) is 4.90 Å². The molecule has 2 saturated heterocycles. The summed E-state index contributed by atoms with van der Waals surface area (Å²) in [6.07, 6.45) is 1.14. The van der Waals surface area contributed by atoms with Crippen LogP contribution >= 0.6 is 0 Å². The van der Waals surface area contributed by atoms with Crippen LogP contribution in [0.5, 0.6) is 0 Å². The van der Waals surface area contributed by atoms with E-state index in [0.29, 0.717) is 18.5 Å². The van der Waals surface area contributed by atoms with Crippen molar-refractivity contribution in [3.05, 3.63) is 35.4 Å². The molecular weight excluding hydrogens is 340 g/mol. The predicted octanol–water partition coefficient (Wildman–Crippen LogP) is 1.79. The lowest BCUT2D eigenvalue weighted by Gasteiger charge is -2.37. The van der Waals surface area contributed by atoms with Gasteiger partial charge in [0.25, 0.3) is 0 Å². The van der Waals surface area contributed by atoms with E-state index in [9.17, 15) is 0 Å². The van der Waals surface area contributed by atoms with Gasteiger partial charge in [0.05, 0.1) is 26.4 Å². The lowest BCUT2D eigenvalue weighted by Crippen LogP contribution is -2.53. The number of hydrogen-bond acceptors (Lipinski definition) is 4. The van der Waals surface area contributed by atoms with Gasteiger partial charge in [0.2, 0.25) is 0 Å². The molecule has 2 N–H and O–H groups in total. The molecule has 0 aromatic heterocycles. The topological polar surface area (TPSA) is 58.1 Å². The van der Waals surface area contributed by atoms with Gasteiger partial charge in [0, 0.05) is 44.7 Å². The second-order valence-electron chi connectivity index (χ2n) is 7.40. The van der Waals surface area contributed by atoms with Gasteiger partial charge >= 0.3 is 0 Å². The van der Waals surface area contributed by atoms with Crippen molar-refractivity contribution in [2.24, 2.45) is 10.9 Å². The van der Waals surface area contributed by atoms with Crippen molar-refractivity contribution in [3.8, 4) is 0 Å². The van der Waals surface area contributed by atoms with Gasteiger partial charge in [0.15, 0.2) is 5.96 Å². The fourth-order valence-corrected chi connectivity index (χ4v) is 3.77. The highest BCUT2D eigenvalue weighted by molar-refractivity contribution is 5.79. The minimum absolute atomic E-state index is 0.458. The molecule has 0 radical (unpaired) electrons. The number of nitrogens with zero attached hydrogens (tertiary/aromatic N) is 2. The molecule has 0 aliphatic carbocycles. The standard InChI is InChI=1S/C21H34N4O2/c1-3-22-21(23-14-18-6-4-17(2)5-7-18)24-15-20(19-8-11-27-16-19)25-9-12-26-13-10-25/h4-7,19-20H,3,8-16H2,1-2H3,(H2,22,23,24). The largest absolute Gasteiger partial charge is 0.381 e. The maximum atomic E-state index is 5.67. The van der Waals surface area contributed by atoms with Gasteiger partial charge in [0.1, 0.15) is 0 Å². The number of nitrogens with one attached hydrogen (secondary N) is 2. The van der Waals surface area contributed by atoms with Crippen molar-refractivity contribution in [1.82, 2.24) is 15.5 Å². The molecule has 2 heterocycles. The summed E-state index contributed by atoms with van der Waals surface area (Å²) in [5.74, 6) is 1.46. The normalized spacial score (nSPS) is 22.6. The van der Waals surface area contributed by atoms with E-state index >= 15 is 0 Å². The lowest BCUT2D eigenvalue weighted by molar-refractivity contribution is 0.00246. The van der Waals surface area contributed by atoms with E-state index in [2.05, 4.69) is 53.6 Å². The van der Waals surface area contributed by atoms with Crippen LogP contribution in [-0.2, 0) is 16.0 Å². The van der Waals surface area contributed by atoms with Crippen LogP contribution in [0.15, 0.2) is 29.3 Å². The second kappa shape index (κ2) is 10.6. The van der Waals surface area contributed by atoms with E-state index in [0.717, 1.165) is 65.0 Å². The maximum Gasteiger partial charge on any atom is 0.191 e. The molecule has 0 amide bonds. The molecule has 27 heavy (non-hydrogen) atoms. The Hall–Kier alpha value is -1.63. The number of hydrogen-bond donors (Lipinski definition) is 2. The Morgan fingerprint density at radius 2 is 1.93 bits per heavy atom. The predicted molar refractivity (Wildman–Crippen MR) is 109 cm³/mol. The molecule has 2 atom stereocenters. The van der Waals surface area contributed by atoms with Crippen molar-refractivity contribution < 1.29 is 9.47 Å². The molecule has 2 aliphatic rings. The first kappa shape index (κ1) is 20.1. The Morgan fingerprint density at radius 1 is 1.15 bits per heavy atom. The third-order valence-electron chi connectivity index (χ3n) is 5.39. The number of aliphatic imine (C=N–C) groups is 1. The fourth-order valence-electron chi connectivity index (χ4n) is 3.77. The number of morpholine rings is 1. The van der Waals surface area contributed by atoms with Crippen molar-refractivity contribution in [3.63, 3.8) is 0 Å². The zero-order chi connectivity index (χ0) is 18.9. The van der Waals surface area contributed by atoms with Crippen molar-refractivity contribution in [2.75, 3.05) is 52.6 Å². The molecule has 0 spiro atoms. The summed E-state index contributed by atoms with van der Waals surface area (Å²) in [6, 6.07) is 9.03. The summed E-state index contributed by atoms with van der Waals surface area (Å²) in [4.78, 5) is 7.33. The highest BCUT2D eigenvalue weighted by Gasteiger charge is 2.31. The monoisotopic (exact) mass is 374 g/mol. The SMILES string of the molecule is CCNC(=NCc1ccc(C)cc1)NCC(C1CCOC1)N1CCOCC1. The van der Waals surface area contributed by atoms with Crippen LogP contribution in [0.2, 0.25) is 0 Å². The van der Waals surface area contributed by atoms with Gasteiger partial charge in [-0.25, -0.2) is 4.99 Å². The molecule has 3 rings (SSSR count). The first-order valence-electron chi connectivity index (χ1n) is 10.2. The average Bonchev–Trinajstić information content (AvgIpc) is 3.23. The van der Waals surface area contributed by atoms with Gasteiger partial charge in [-0.1, -0.05) is 29.8 Å². The summed E-state index contributed by atoms with van der Waals surface area (Å²) >= 11 is 0. The van der Waals surface area contributed by atoms with E-state index in [1.807, 2.05) is 0 Å². The molecule has 6 nitrogen and oxygen atoms in total. The second-order valence-corrected chi connectivity index (χ2v) is 7.40. The van der Waals surface area contributed by atoms with E-state index in [4.69, 9.17) is 14.5 Å². The number of guanidine groups is 1. The van der Waals surface area contributed by atoms with E-state index in [-0.39, 0.29) is 0 Å². The fraction of sp³-hybridized carbons (Fsp3) is 0.667. The van der Waals surface area contributed by atoms with E-state index in [1.165, 1.54) is 11.1 Å². The summed E-state index contributed by atoms with van der Waals surface area (Å²) in [5, 5.41) is 6.95. The Balaban J connectivity index is 1.60. The lowest BCUT2D eigenvalue weighted by atomic mass is 9.97. The molecule has 2 aliphatic heterocycles. The van der Waals surface area contributed by atoms with Gasteiger partial charge in [-0.2, -0.15) is 0 Å². The summed E-state index contributed by atoms with van der Waals surface area (Å²) in [6.45, 7) is 12.0. The molecule has 0 saturated carbocycles. The minimum atomic E-state index is 0.458. The van der Waals surface area contributed by atoms with Crippen LogP contribution in [0.1, 0.15) is 24.5 Å². The first-order valence-corrected chi connectivity index (χ1v) is 10.2. The number of ether oxygens (including phenoxy) is 2. The molecule has 0 bridgehead atoms. The van der Waals surface area contributed by atoms with Gasteiger partial charge in [-0.05, 0) is 25.8 Å². The average molecular weight is 375 g/mol. The Kier molecular flexibility index (Phi) is 7.93. The van der Waals surface area contributed by atoms with Gasteiger partial charge < -0.3 is 20.1 Å². The highest BCUT2D eigenvalue weighted by Crippen LogP contribution is 2.21. The van der Waals surface area contributed by atoms with Crippen LogP contribution in [0.4, 0.5) is 0 Å². The molecular formula is C21H34N4O2. The van der Waals surface area contributed by atoms with Crippen LogP contribution in [0, 0.1) is 12.8 Å². The highest BCUT2D eigenvalue weighted by atomic mass is 16.5. The summed E-state index contributed by atoms with van der Waals surface area (Å²) in [7, 11) is 0. The van der Waals surface area contributed by atoms with E-state index in [1.54, 1.807) is 0 Å². The molecule has 150 valence electrons. The quantitative estimate of drug-likeness (QED) is 0.563. The molecule has 6 heteroatoms. The minimum Gasteiger partial charge on any atom is -0.381 e. The van der Waals surface area contributed by atoms with Crippen LogP contribution in [0.3, 0.4) is 0 Å². The van der Waals surface area contributed by atoms with Crippen molar-refractivity contribution in [1.29, 1.82) is 0 Å². The first-order chi connectivity index (χ1) is 13.3. The Bertz CT molecular complexity index is 578. The number of aryl methyl sites for hydroxylation is 1. The summed E-state index contributed by atoms with van der Waals surface area (Å²) < 4.78 is 11.2. The Morgan fingerprint density at radius 3 is 2.59 bits per heavy atom. The van der Waals surface area contributed by atoms with Crippen LogP contribution < -0.4 is 10.6 Å². The third kappa shape index (κ3) is 6.19. The zero-order valence-corrected chi connectivity index (χ0v) is 16.7. The smallest absolute Gasteiger partial charge is 0.191 e. The molecule has 2 unspecified atom stereocenters. The van der Waals surface area contributed by atoms with Crippen molar-refractivity contribution in [2.45, 2.75) is 32.9 Å². The number of benzene rings is 1. The van der Waals surface area contributed by atoms with Gasteiger partial charge in [-0.15, -0.1) is 0 Å². The summed E-state index contributed by atoms with van der Waals surface area (Å²) in [5.41, 5.74) is 2.51. The maximum absolute atomic E-state index is 5.67. The molecule has 2 fully saturated rings.